The molecule has 2 rings (SSSR count). The van der Waals surface area contributed by atoms with Gasteiger partial charge in [0.25, 0.3) is 0 Å². The summed E-state index contributed by atoms with van der Waals surface area (Å²) < 4.78 is 40.0. The normalized spacial score (nSPS) is 10.9. The minimum Gasteiger partial charge on any atom is -0.744 e. The topological polar surface area (TPSA) is 66.4 Å². The molecular weight excluding hydrogens is 351 g/mol. The molecule has 4 nitrogen and oxygen atoms in total. The SMILES string of the molecule is CCCCCCc1cc(Oc2ccccc2)ccc1S(=O)(=O)[O-].[K+]. The zero-order chi connectivity index (χ0) is 16.7. The molecule has 124 valence electrons. The first-order valence-electron chi connectivity index (χ1n) is 7.82. The summed E-state index contributed by atoms with van der Waals surface area (Å²) in [5.41, 5.74) is 0.532. The maximum absolute atomic E-state index is 11.4. The van der Waals surface area contributed by atoms with Crippen molar-refractivity contribution in [3.63, 3.8) is 0 Å². The molecule has 0 atom stereocenters. The van der Waals surface area contributed by atoms with Crippen LogP contribution in [-0.4, -0.2) is 13.0 Å². The van der Waals surface area contributed by atoms with Gasteiger partial charge in [-0.25, -0.2) is 8.42 Å². The minimum atomic E-state index is -4.47. The molecule has 0 radical (unpaired) electrons. The maximum atomic E-state index is 11.4. The van der Waals surface area contributed by atoms with Crippen LogP contribution in [0.15, 0.2) is 53.4 Å². The van der Waals surface area contributed by atoms with Crippen LogP contribution in [0.25, 0.3) is 0 Å². The van der Waals surface area contributed by atoms with Crippen molar-refractivity contribution in [3.8, 4) is 11.5 Å². The average Bonchev–Trinajstić information content (AvgIpc) is 2.52. The van der Waals surface area contributed by atoms with Gasteiger partial charge in [-0.1, -0.05) is 44.4 Å². The van der Waals surface area contributed by atoms with Gasteiger partial charge in [0.2, 0.25) is 0 Å². The zero-order valence-electron chi connectivity index (χ0n) is 14.2. The summed E-state index contributed by atoms with van der Waals surface area (Å²) in [6.45, 7) is 2.11. The predicted molar refractivity (Wildman–Crippen MR) is 88.8 cm³/mol. The monoisotopic (exact) mass is 372 g/mol. The third kappa shape index (κ3) is 6.96. The zero-order valence-corrected chi connectivity index (χ0v) is 18.1. The number of hydrogen-bond donors (Lipinski definition) is 0. The molecule has 0 aliphatic rings. The number of ether oxygens (including phenoxy) is 1. The largest absolute Gasteiger partial charge is 1.00 e. The van der Waals surface area contributed by atoms with Crippen LogP contribution in [0.1, 0.15) is 38.2 Å². The standard InChI is InChI=1S/C18H22O4S.K/c1-2-3-4-6-9-15-14-17(12-13-18(15)23(19,20)21)22-16-10-7-5-8-11-16;/h5,7-8,10-14H,2-4,6,9H2,1H3,(H,19,20,21);/q;+1/p-1. The Bertz CT molecular complexity index is 730. The predicted octanol–water partition coefficient (Wildman–Crippen LogP) is 1.51. The Kier molecular flexibility index (Phi) is 9.74. The molecule has 0 N–H and O–H groups in total. The van der Waals surface area contributed by atoms with E-state index in [1.165, 1.54) is 12.1 Å². The molecule has 2 aromatic carbocycles. The van der Waals surface area contributed by atoms with E-state index in [-0.39, 0.29) is 56.3 Å². The van der Waals surface area contributed by atoms with Gasteiger partial charge in [-0.3, -0.25) is 0 Å². The Hall–Kier alpha value is -0.214. The second-order valence-corrected chi connectivity index (χ2v) is 6.80. The van der Waals surface area contributed by atoms with E-state index in [1.54, 1.807) is 6.07 Å². The number of hydrogen-bond acceptors (Lipinski definition) is 4. The minimum absolute atomic E-state index is 0. The first-order valence-corrected chi connectivity index (χ1v) is 9.23. The van der Waals surface area contributed by atoms with Gasteiger partial charge in [0, 0.05) is 0 Å². The molecule has 6 heteroatoms. The molecule has 2 aromatic rings. The van der Waals surface area contributed by atoms with E-state index in [2.05, 4.69) is 6.92 Å². The van der Waals surface area contributed by atoms with Crippen molar-refractivity contribution < 1.29 is 69.1 Å². The second kappa shape index (κ2) is 10.7. The molecule has 0 aliphatic carbocycles. The Morgan fingerprint density at radius 2 is 1.67 bits per heavy atom. The van der Waals surface area contributed by atoms with Gasteiger partial charge in [-0.15, -0.1) is 0 Å². The molecule has 0 amide bonds. The van der Waals surface area contributed by atoms with Crippen molar-refractivity contribution >= 4 is 10.1 Å². The molecule has 0 fully saturated rings. The molecule has 0 aromatic heterocycles. The molecular formula is C18H21KO4S. The number of unbranched alkanes of at least 4 members (excludes halogenated alkanes) is 3. The smallest absolute Gasteiger partial charge is 0.744 e. The maximum Gasteiger partial charge on any atom is 1.00 e. The quantitative estimate of drug-likeness (QED) is 0.400. The molecule has 0 heterocycles. The summed E-state index contributed by atoms with van der Waals surface area (Å²) in [5.74, 6) is 1.20. The summed E-state index contributed by atoms with van der Waals surface area (Å²) in [4.78, 5) is -0.144. The van der Waals surface area contributed by atoms with Gasteiger partial charge in [-0.2, -0.15) is 0 Å². The molecule has 24 heavy (non-hydrogen) atoms. The van der Waals surface area contributed by atoms with Crippen molar-refractivity contribution in [1.29, 1.82) is 0 Å². The van der Waals surface area contributed by atoms with E-state index in [0.717, 1.165) is 25.7 Å². The van der Waals surface area contributed by atoms with E-state index in [4.69, 9.17) is 4.74 Å². The van der Waals surface area contributed by atoms with Crippen LogP contribution in [0.4, 0.5) is 0 Å². The van der Waals surface area contributed by atoms with Crippen LogP contribution in [0.5, 0.6) is 11.5 Å². The molecule has 0 aliphatic heterocycles. The van der Waals surface area contributed by atoms with Gasteiger partial charge in [0.05, 0.1) is 4.90 Å². The first-order chi connectivity index (χ1) is 11.0. The second-order valence-electron chi connectivity index (χ2n) is 5.45. The first kappa shape index (κ1) is 21.8. The van der Waals surface area contributed by atoms with Crippen molar-refractivity contribution in [2.75, 3.05) is 0 Å². The molecule has 0 bridgehead atoms. The van der Waals surface area contributed by atoms with E-state index in [1.807, 2.05) is 30.3 Å². The van der Waals surface area contributed by atoms with Gasteiger partial charge in [0.15, 0.2) is 0 Å². The Morgan fingerprint density at radius 1 is 0.958 bits per heavy atom. The Balaban J connectivity index is 0.00000288. The number of aryl methyl sites for hydroxylation is 1. The van der Waals surface area contributed by atoms with Gasteiger partial charge < -0.3 is 9.29 Å². The number of rotatable bonds is 8. The van der Waals surface area contributed by atoms with Crippen LogP contribution in [0, 0.1) is 0 Å². The van der Waals surface area contributed by atoms with Gasteiger partial charge in [-0.05, 0) is 48.7 Å². The molecule has 0 spiro atoms. The fourth-order valence-corrected chi connectivity index (χ4v) is 3.14. The fourth-order valence-electron chi connectivity index (χ4n) is 2.43. The van der Waals surface area contributed by atoms with Crippen LogP contribution < -0.4 is 56.1 Å². The van der Waals surface area contributed by atoms with E-state index in [9.17, 15) is 13.0 Å². The van der Waals surface area contributed by atoms with E-state index >= 15 is 0 Å². The van der Waals surface area contributed by atoms with Crippen molar-refractivity contribution in [1.82, 2.24) is 0 Å². The van der Waals surface area contributed by atoms with Crippen LogP contribution >= 0.6 is 0 Å². The summed E-state index contributed by atoms with van der Waals surface area (Å²) >= 11 is 0. The third-order valence-corrected chi connectivity index (χ3v) is 4.52. The molecule has 0 saturated carbocycles. The van der Waals surface area contributed by atoms with Crippen LogP contribution in [0.3, 0.4) is 0 Å². The van der Waals surface area contributed by atoms with Crippen molar-refractivity contribution in [2.24, 2.45) is 0 Å². The van der Waals surface area contributed by atoms with Gasteiger partial charge >= 0.3 is 51.4 Å². The summed E-state index contributed by atoms with van der Waals surface area (Å²) in [5, 5.41) is 0. The van der Waals surface area contributed by atoms with E-state index in [0.29, 0.717) is 23.5 Å². The van der Waals surface area contributed by atoms with Crippen LogP contribution in [0.2, 0.25) is 0 Å². The van der Waals surface area contributed by atoms with Crippen molar-refractivity contribution in [2.45, 2.75) is 43.9 Å². The average molecular weight is 373 g/mol. The summed E-state index contributed by atoms with van der Waals surface area (Å²) in [7, 11) is -4.47. The van der Waals surface area contributed by atoms with Crippen LogP contribution in [-0.2, 0) is 16.5 Å². The third-order valence-electron chi connectivity index (χ3n) is 3.58. The molecule has 0 unspecified atom stereocenters. The van der Waals surface area contributed by atoms with E-state index < -0.39 is 10.1 Å². The summed E-state index contributed by atoms with van der Waals surface area (Å²) in [6, 6.07) is 13.8. The number of para-hydroxylation sites is 1. The number of benzene rings is 2. The van der Waals surface area contributed by atoms with Gasteiger partial charge in [0.1, 0.15) is 21.6 Å². The molecule has 0 saturated heterocycles. The Morgan fingerprint density at radius 3 is 2.29 bits per heavy atom. The van der Waals surface area contributed by atoms with Crippen molar-refractivity contribution in [3.05, 3.63) is 54.1 Å². The fraction of sp³-hybridized carbons (Fsp3) is 0.333. The Labute approximate surface area is 186 Å². The summed E-state index contributed by atoms with van der Waals surface area (Å²) in [6.07, 6.45) is 4.62.